The summed E-state index contributed by atoms with van der Waals surface area (Å²) in [7, 11) is 0. The number of anilines is 3. The number of hydrogen-bond donors (Lipinski definition) is 2. The zero-order valence-corrected chi connectivity index (χ0v) is 12.8. The van der Waals surface area contributed by atoms with E-state index in [0.717, 1.165) is 36.8 Å². The van der Waals surface area contributed by atoms with Gasteiger partial charge in [0.15, 0.2) is 0 Å². The van der Waals surface area contributed by atoms with Gasteiger partial charge in [0.25, 0.3) is 0 Å². The van der Waals surface area contributed by atoms with Gasteiger partial charge >= 0.3 is 0 Å². The van der Waals surface area contributed by atoms with Crippen LogP contribution in [0.3, 0.4) is 0 Å². The summed E-state index contributed by atoms with van der Waals surface area (Å²) in [5.74, 6) is 5.25. The van der Waals surface area contributed by atoms with Gasteiger partial charge in [-0.2, -0.15) is 15.0 Å². The molecule has 0 amide bonds. The molecule has 1 aromatic rings. The zero-order valence-electron chi connectivity index (χ0n) is 12.8. The summed E-state index contributed by atoms with van der Waals surface area (Å²) in [6, 6.07) is 0.572. The molecule has 4 unspecified atom stereocenters. The first kappa shape index (κ1) is 13.1. The van der Waals surface area contributed by atoms with Crippen molar-refractivity contribution in [3.8, 4) is 0 Å². The molecule has 4 rings (SSSR count). The summed E-state index contributed by atoms with van der Waals surface area (Å²) in [6.07, 6.45) is 4.31. The highest BCUT2D eigenvalue weighted by molar-refractivity contribution is 5.44. The number of nitrogens with two attached hydrogens (primary N) is 1. The Bertz CT molecular complexity index is 527. The highest BCUT2D eigenvalue weighted by Crippen LogP contribution is 2.66. The average Bonchev–Trinajstić information content (AvgIpc) is 2.85. The monoisotopic (exact) mass is 288 g/mol. The third-order valence-electron chi connectivity index (χ3n) is 5.72. The molecule has 114 valence electrons. The summed E-state index contributed by atoms with van der Waals surface area (Å²) in [4.78, 5) is 15.2. The minimum absolute atomic E-state index is 0.309. The Morgan fingerprint density at radius 3 is 2.38 bits per heavy atom. The van der Waals surface area contributed by atoms with Crippen molar-refractivity contribution in [3.63, 3.8) is 0 Å². The molecule has 0 radical (unpaired) electrons. The number of nitrogen functional groups attached to an aromatic ring is 1. The molecule has 21 heavy (non-hydrogen) atoms. The van der Waals surface area contributed by atoms with Crippen LogP contribution < -0.4 is 16.0 Å². The fraction of sp³-hybridized carbons (Fsp3) is 0.800. The molecule has 1 heterocycles. The molecule has 0 spiro atoms. The molecule has 6 heteroatoms. The van der Waals surface area contributed by atoms with Gasteiger partial charge in [-0.15, -0.1) is 0 Å². The molecule has 2 bridgehead atoms. The lowest BCUT2D eigenvalue weighted by Gasteiger charge is -2.19. The Kier molecular flexibility index (Phi) is 2.94. The third-order valence-corrected chi connectivity index (χ3v) is 5.72. The van der Waals surface area contributed by atoms with Crippen molar-refractivity contribution < 1.29 is 0 Å². The predicted octanol–water partition coefficient (Wildman–Crippen LogP) is 1.76. The first-order chi connectivity index (χ1) is 10.2. The molecule has 1 aromatic heterocycles. The van der Waals surface area contributed by atoms with Crippen LogP contribution in [0.2, 0.25) is 0 Å². The van der Waals surface area contributed by atoms with Gasteiger partial charge in [-0.05, 0) is 56.8 Å². The van der Waals surface area contributed by atoms with E-state index < -0.39 is 0 Å². The van der Waals surface area contributed by atoms with E-state index >= 15 is 0 Å². The summed E-state index contributed by atoms with van der Waals surface area (Å²) >= 11 is 0. The molecule has 3 aliphatic carbocycles. The van der Waals surface area contributed by atoms with Crippen molar-refractivity contribution in [3.05, 3.63) is 0 Å². The fourth-order valence-electron chi connectivity index (χ4n) is 4.76. The van der Waals surface area contributed by atoms with Crippen LogP contribution in [0.4, 0.5) is 17.8 Å². The molecule has 3 saturated carbocycles. The van der Waals surface area contributed by atoms with E-state index in [1.54, 1.807) is 0 Å². The van der Waals surface area contributed by atoms with E-state index in [2.05, 4.69) is 39.0 Å². The Labute approximate surface area is 125 Å². The third kappa shape index (κ3) is 2.03. The number of hydrogen-bond acceptors (Lipinski definition) is 6. The molecule has 0 saturated heterocycles. The lowest BCUT2D eigenvalue weighted by Crippen LogP contribution is -2.26. The molecule has 3 N–H and O–H groups in total. The van der Waals surface area contributed by atoms with Gasteiger partial charge in [-0.25, -0.2) is 0 Å². The minimum Gasteiger partial charge on any atom is -0.368 e. The van der Waals surface area contributed by atoms with Crippen LogP contribution in [-0.2, 0) is 0 Å². The molecule has 0 aliphatic heterocycles. The maximum atomic E-state index is 5.86. The molecule has 6 nitrogen and oxygen atoms in total. The van der Waals surface area contributed by atoms with Gasteiger partial charge in [0.05, 0.1) is 0 Å². The van der Waals surface area contributed by atoms with E-state index in [-0.39, 0.29) is 0 Å². The summed E-state index contributed by atoms with van der Waals surface area (Å²) in [5, 5.41) is 3.53. The summed E-state index contributed by atoms with van der Waals surface area (Å²) in [6.45, 7) is 5.94. The van der Waals surface area contributed by atoms with Crippen molar-refractivity contribution in [1.29, 1.82) is 0 Å². The van der Waals surface area contributed by atoms with Crippen LogP contribution in [-0.4, -0.2) is 34.1 Å². The summed E-state index contributed by atoms with van der Waals surface area (Å²) < 4.78 is 0. The largest absolute Gasteiger partial charge is 0.368 e. The second kappa shape index (κ2) is 4.71. The normalized spacial score (nSPS) is 35.6. The lowest BCUT2D eigenvalue weighted by atomic mass is 10.0. The Morgan fingerprint density at radius 1 is 1.10 bits per heavy atom. The van der Waals surface area contributed by atoms with Crippen molar-refractivity contribution in [2.75, 3.05) is 29.0 Å². The first-order valence-corrected chi connectivity index (χ1v) is 8.24. The molecule has 0 aromatic carbocycles. The van der Waals surface area contributed by atoms with Crippen LogP contribution >= 0.6 is 0 Å². The van der Waals surface area contributed by atoms with Crippen LogP contribution in [0.25, 0.3) is 0 Å². The maximum absolute atomic E-state index is 5.86. The van der Waals surface area contributed by atoms with Gasteiger partial charge in [0.2, 0.25) is 17.8 Å². The average molecular weight is 288 g/mol. The maximum Gasteiger partial charge on any atom is 0.231 e. The Balaban J connectivity index is 1.51. The fourth-order valence-corrected chi connectivity index (χ4v) is 4.76. The first-order valence-electron chi connectivity index (χ1n) is 8.24. The second-order valence-electron chi connectivity index (χ2n) is 6.65. The molecule has 4 atom stereocenters. The molecular weight excluding hydrogens is 264 g/mol. The van der Waals surface area contributed by atoms with Crippen molar-refractivity contribution in [2.45, 2.75) is 39.2 Å². The Morgan fingerprint density at radius 2 is 1.76 bits per heavy atom. The topological polar surface area (TPSA) is 80.0 Å². The van der Waals surface area contributed by atoms with Gasteiger partial charge in [-0.3, -0.25) is 0 Å². The lowest BCUT2D eigenvalue weighted by molar-refractivity contribution is 0.456. The van der Waals surface area contributed by atoms with Crippen LogP contribution in [0.5, 0.6) is 0 Å². The SMILES string of the molecule is CCN(CC)c1nc(N)nc(NC2C3C4CCC(C4)C23)n1. The van der Waals surface area contributed by atoms with Crippen molar-refractivity contribution in [1.82, 2.24) is 15.0 Å². The smallest absolute Gasteiger partial charge is 0.231 e. The van der Waals surface area contributed by atoms with Gasteiger partial charge in [0, 0.05) is 19.1 Å². The van der Waals surface area contributed by atoms with E-state index in [1.165, 1.54) is 19.3 Å². The van der Waals surface area contributed by atoms with E-state index in [4.69, 9.17) is 5.73 Å². The molecule has 3 fully saturated rings. The van der Waals surface area contributed by atoms with Gasteiger partial charge < -0.3 is 16.0 Å². The van der Waals surface area contributed by atoms with Crippen LogP contribution in [0.15, 0.2) is 0 Å². The van der Waals surface area contributed by atoms with Crippen LogP contribution in [0.1, 0.15) is 33.1 Å². The summed E-state index contributed by atoms with van der Waals surface area (Å²) in [5.41, 5.74) is 5.86. The highest BCUT2D eigenvalue weighted by atomic mass is 15.3. The number of rotatable bonds is 5. The van der Waals surface area contributed by atoms with E-state index in [9.17, 15) is 0 Å². The van der Waals surface area contributed by atoms with Gasteiger partial charge in [-0.1, -0.05) is 0 Å². The number of aromatic nitrogens is 3. The van der Waals surface area contributed by atoms with Crippen molar-refractivity contribution in [2.24, 2.45) is 23.7 Å². The number of nitrogens with zero attached hydrogens (tertiary/aromatic N) is 4. The molecule has 3 aliphatic rings. The highest BCUT2D eigenvalue weighted by Gasteiger charge is 2.65. The number of fused-ring (bicyclic) bond motifs is 5. The van der Waals surface area contributed by atoms with Crippen molar-refractivity contribution >= 4 is 17.8 Å². The molecular formula is C15H24N6. The minimum atomic E-state index is 0.309. The number of nitrogens with one attached hydrogen (secondary N) is 1. The second-order valence-corrected chi connectivity index (χ2v) is 6.65. The van der Waals surface area contributed by atoms with E-state index in [1.807, 2.05) is 0 Å². The predicted molar refractivity (Wildman–Crippen MR) is 83.0 cm³/mol. The standard InChI is InChI=1S/C15H24N6/c1-3-21(4-2)15-19-13(16)18-14(20-15)17-12-10-8-5-6-9(7-8)11(10)12/h8-12H,3-7H2,1-2H3,(H3,16,17,18,19,20). The quantitative estimate of drug-likeness (QED) is 0.859. The Hall–Kier alpha value is -1.59. The van der Waals surface area contributed by atoms with Gasteiger partial charge in [0.1, 0.15) is 0 Å². The van der Waals surface area contributed by atoms with Crippen LogP contribution in [0, 0.1) is 23.7 Å². The van der Waals surface area contributed by atoms with E-state index in [0.29, 0.717) is 23.9 Å². The zero-order chi connectivity index (χ0) is 14.6.